The molecule has 4 aliphatic heterocycles. The van der Waals surface area contributed by atoms with Crippen LogP contribution in [-0.2, 0) is 19.3 Å². The fraction of sp³-hybridized carbons (Fsp3) is 0.404. The van der Waals surface area contributed by atoms with Crippen molar-refractivity contribution in [3.8, 4) is 11.6 Å². The van der Waals surface area contributed by atoms with Gasteiger partial charge in [-0.15, -0.1) is 0 Å². The molecule has 5 aromatic rings. The molecule has 66 heavy (non-hydrogen) atoms. The van der Waals surface area contributed by atoms with Crippen molar-refractivity contribution in [1.29, 1.82) is 0 Å². The number of amides is 1. The summed E-state index contributed by atoms with van der Waals surface area (Å²) >= 11 is 6.29. The molecule has 19 heteroatoms. The van der Waals surface area contributed by atoms with Gasteiger partial charge in [-0.05, 0) is 72.2 Å². The Labute approximate surface area is 386 Å². The first kappa shape index (κ1) is 43.9. The maximum absolute atomic E-state index is 15.7. The molecule has 5 aliphatic rings. The number of nitro groups is 1. The highest BCUT2D eigenvalue weighted by Gasteiger charge is 2.40. The highest BCUT2D eigenvalue weighted by molar-refractivity contribution is 7.91. The molecule has 4 N–H and O–H groups in total. The van der Waals surface area contributed by atoms with Gasteiger partial charge in [0.15, 0.2) is 11.4 Å². The number of nitrogens with zero attached hydrogens (tertiary/aromatic N) is 5. The normalized spacial score (nSPS) is 21.1. The van der Waals surface area contributed by atoms with Crippen molar-refractivity contribution in [2.24, 2.45) is 11.1 Å². The lowest BCUT2D eigenvalue weighted by atomic mass is 9.72. The lowest BCUT2D eigenvalue weighted by molar-refractivity contribution is -0.384. The van der Waals surface area contributed by atoms with E-state index in [9.17, 15) is 14.9 Å². The zero-order valence-electron chi connectivity index (χ0n) is 36.7. The van der Waals surface area contributed by atoms with E-state index in [4.69, 9.17) is 36.3 Å². The van der Waals surface area contributed by atoms with Crippen LogP contribution in [0.4, 0.5) is 28.4 Å². The number of benzene rings is 3. The molecule has 0 bridgehead atoms. The van der Waals surface area contributed by atoms with Crippen molar-refractivity contribution in [2.45, 2.75) is 55.0 Å². The predicted octanol–water partition coefficient (Wildman–Crippen LogP) is 6.96. The van der Waals surface area contributed by atoms with E-state index >= 15 is 8.42 Å². The van der Waals surface area contributed by atoms with Crippen LogP contribution in [0.25, 0.3) is 16.6 Å². The van der Waals surface area contributed by atoms with Gasteiger partial charge in [0.1, 0.15) is 35.5 Å². The van der Waals surface area contributed by atoms with Crippen LogP contribution in [0.2, 0.25) is 5.02 Å². The summed E-state index contributed by atoms with van der Waals surface area (Å²) in [6.45, 7) is 8.85. The van der Waals surface area contributed by atoms with E-state index in [1.807, 2.05) is 29.2 Å². The number of anilines is 4. The van der Waals surface area contributed by atoms with Crippen LogP contribution in [-0.4, -0.2) is 119 Å². The number of allylic oxidation sites excluding steroid dienone is 1. The molecule has 2 saturated heterocycles. The molecule has 2 fully saturated rings. The van der Waals surface area contributed by atoms with Gasteiger partial charge >= 0.3 is 0 Å². The molecule has 17 nitrogen and oxygen atoms in total. The Morgan fingerprint density at radius 2 is 1.79 bits per heavy atom. The number of carbonyl (C=O) groups excluding carboxylic acids is 1. The van der Waals surface area contributed by atoms with Crippen molar-refractivity contribution >= 4 is 72.4 Å². The molecule has 0 spiro atoms. The van der Waals surface area contributed by atoms with Crippen LogP contribution in [0, 0.1) is 15.5 Å². The van der Waals surface area contributed by atoms with Crippen LogP contribution in [0.1, 0.15) is 49.0 Å². The van der Waals surface area contributed by atoms with E-state index in [-0.39, 0.29) is 70.1 Å². The Hall–Kier alpha value is -5.92. The van der Waals surface area contributed by atoms with Gasteiger partial charge in [0.05, 0.1) is 59.2 Å². The first-order chi connectivity index (χ1) is 31.7. The molecule has 10 rings (SSSR count). The minimum absolute atomic E-state index is 0.00679. The van der Waals surface area contributed by atoms with E-state index in [2.05, 4.69) is 46.2 Å². The quantitative estimate of drug-likeness (QED) is 0.0956. The first-order valence-electron chi connectivity index (χ1n) is 22.2. The molecular formula is C47H51ClN8O9S. The fourth-order valence-electron chi connectivity index (χ4n) is 9.86. The van der Waals surface area contributed by atoms with Gasteiger partial charge in [0.2, 0.25) is 15.7 Å². The smallest absolute Gasteiger partial charge is 0.297 e. The van der Waals surface area contributed by atoms with Crippen LogP contribution < -0.4 is 30.3 Å². The van der Waals surface area contributed by atoms with Crippen LogP contribution in [0.5, 0.6) is 11.6 Å². The molecular weight excluding hydrogens is 888 g/mol. The van der Waals surface area contributed by atoms with E-state index < -0.39 is 38.5 Å². The number of carbonyl (C=O) groups is 1. The Morgan fingerprint density at radius 1 is 0.985 bits per heavy atom. The van der Waals surface area contributed by atoms with E-state index in [0.29, 0.717) is 61.4 Å². The highest BCUT2D eigenvalue weighted by atomic mass is 35.5. The van der Waals surface area contributed by atoms with Gasteiger partial charge in [-0.1, -0.05) is 43.2 Å². The minimum Gasteiger partial charge on any atom is -0.489 e. The number of fused-ring (bicyclic) bond motifs is 3. The van der Waals surface area contributed by atoms with E-state index in [0.717, 1.165) is 37.3 Å². The second-order valence-corrected chi connectivity index (χ2v) is 20.5. The Balaban J connectivity index is 1.06. The third kappa shape index (κ3) is 8.29. The predicted molar refractivity (Wildman–Crippen MR) is 250 cm³/mol. The lowest BCUT2D eigenvalue weighted by Crippen LogP contribution is -2.48. The van der Waals surface area contributed by atoms with Crippen molar-refractivity contribution in [2.75, 3.05) is 87.4 Å². The summed E-state index contributed by atoms with van der Waals surface area (Å²) < 4.78 is 55.0. The number of ether oxygens (including phenoxy) is 4. The Morgan fingerprint density at radius 3 is 2.53 bits per heavy atom. The van der Waals surface area contributed by atoms with E-state index in [1.54, 1.807) is 23.2 Å². The van der Waals surface area contributed by atoms with Crippen molar-refractivity contribution in [1.82, 2.24) is 14.9 Å². The first-order valence-corrected chi connectivity index (χ1v) is 24.1. The SMILES string of the molecule is CC1(C)CCC(CN2CCN(c3ccc(C(N)=O)c(N4CCOc5nc6[nH]ccc6cc54)c3S(=O)(=O)c3cc4c(c([N+](=O)[O-])c3)N[C@@H]([C@H]3COCCO3)CO4)CC2)=C(c2ccc(Cl)cc2)C1. The summed E-state index contributed by atoms with van der Waals surface area (Å²) in [6, 6.07) is 16.7. The number of hydrogen-bond donors (Lipinski definition) is 3. The number of sulfone groups is 1. The van der Waals surface area contributed by atoms with Crippen LogP contribution in [0.3, 0.4) is 0 Å². The van der Waals surface area contributed by atoms with Gasteiger partial charge in [0, 0.05) is 61.5 Å². The average molecular weight is 939 g/mol. The van der Waals surface area contributed by atoms with Gasteiger partial charge in [-0.25, -0.2) is 8.42 Å². The molecule has 0 radical (unpaired) electrons. The van der Waals surface area contributed by atoms with Gasteiger partial charge < -0.3 is 44.8 Å². The zero-order chi connectivity index (χ0) is 45.9. The summed E-state index contributed by atoms with van der Waals surface area (Å²) in [5.74, 6) is -0.628. The number of aromatic amines is 1. The zero-order valence-corrected chi connectivity index (χ0v) is 38.3. The van der Waals surface area contributed by atoms with Crippen molar-refractivity contribution in [3.63, 3.8) is 0 Å². The van der Waals surface area contributed by atoms with Crippen molar-refractivity contribution < 1.29 is 37.1 Å². The largest absolute Gasteiger partial charge is 0.489 e. The van der Waals surface area contributed by atoms with Crippen molar-refractivity contribution in [3.05, 3.63) is 98.7 Å². The number of piperazine rings is 1. The van der Waals surface area contributed by atoms with Crippen LogP contribution >= 0.6 is 11.6 Å². The lowest BCUT2D eigenvalue weighted by Gasteiger charge is -2.40. The number of nitrogens with one attached hydrogen (secondary N) is 2. The molecule has 0 unspecified atom stereocenters. The molecule has 1 amide bonds. The second kappa shape index (κ2) is 17.4. The van der Waals surface area contributed by atoms with Gasteiger partial charge in [-0.2, -0.15) is 4.98 Å². The molecule has 346 valence electrons. The van der Waals surface area contributed by atoms with E-state index in [1.165, 1.54) is 22.8 Å². The maximum Gasteiger partial charge on any atom is 0.297 e. The third-order valence-corrected chi connectivity index (χ3v) is 15.4. The number of nitro benzene ring substituents is 1. The number of primary amides is 1. The Kier molecular flexibility index (Phi) is 11.6. The summed E-state index contributed by atoms with van der Waals surface area (Å²) in [5, 5.41) is 17.4. The molecule has 2 atom stereocenters. The molecule has 3 aromatic carbocycles. The topological polar surface area (TPSA) is 208 Å². The number of halogens is 1. The molecule has 0 saturated carbocycles. The fourth-order valence-corrected chi connectivity index (χ4v) is 11.7. The molecule has 2 aromatic heterocycles. The third-order valence-electron chi connectivity index (χ3n) is 13.3. The minimum atomic E-state index is -4.75. The number of aromatic nitrogens is 2. The molecule has 6 heterocycles. The standard InChI is InChI=1S/C47H51ClN8O9S/c1-47(2)11-9-30(34(24-47)28-3-5-31(48)6-4-28)25-53-13-15-54(16-14-53)36-8-7-33(44(49)57)42(55-17-18-64-46-38(55)21-29-10-12-50-45(29)52-46)43(36)66(60,61)32-22-37(56(58)59)41-39(23-32)65-26-35(51-41)40-27-62-19-20-63-40/h3-8,10,12,21-23,35,40,51H,9,11,13-20,24-27H2,1-2H3,(H2,49,57)(H,50,52)/t35-,40-/m1/s1. The summed E-state index contributed by atoms with van der Waals surface area (Å²) in [6.07, 6.45) is 4.28. The number of H-pyrrole nitrogens is 1. The summed E-state index contributed by atoms with van der Waals surface area (Å²) in [4.78, 5) is 39.0. The number of nitrogens with two attached hydrogens (primary N) is 1. The summed E-state index contributed by atoms with van der Waals surface area (Å²) in [7, 11) is -4.75. The number of hydrogen-bond acceptors (Lipinski definition) is 14. The van der Waals surface area contributed by atoms with Gasteiger partial charge in [-0.3, -0.25) is 19.8 Å². The second-order valence-electron chi connectivity index (χ2n) is 18.2. The number of rotatable bonds is 10. The average Bonchev–Trinajstić information content (AvgIpc) is 3.78. The molecule has 1 aliphatic carbocycles. The number of pyridine rings is 1. The highest BCUT2D eigenvalue weighted by Crippen LogP contribution is 2.49. The van der Waals surface area contributed by atoms with Gasteiger partial charge in [0.25, 0.3) is 11.6 Å². The maximum atomic E-state index is 15.7. The monoisotopic (exact) mass is 938 g/mol. The van der Waals surface area contributed by atoms with Crippen LogP contribution in [0.15, 0.2) is 82.2 Å². The summed E-state index contributed by atoms with van der Waals surface area (Å²) in [5.41, 5.74) is 11.0. The Bertz CT molecular complexity index is 2870.